The molecule has 2 rings (SSSR count). The fourth-order valence-electron chi connectivity index (χ4n) is 1.64. The number of hydrogen-bond acceptors (Lipinski definition) is 3. The smallest absolute Gasteiger partial charge is 0.262 e. The average Bonchev–Trinajstić information content (AvgIpc) is 2.46. The van der Waals surface area contributed by atoms with E-state index in [0.29, 0.717) is 10.8 Å². The van der Waals surface area contributed by atoms with Crippen LogP contribution in [0.2, 0.25) is 5.02 Å². The molecule has 0 spiro atoms. The summed E-state index contributed by atoms with van der Waals surface area (Å²) in [6.07, 6.45) is 1.97. The normalized spacial score (nSPS) is 10.1. The van der Waals surface area contributed by atoms with Crippen LogP contribution in [0.25, 0.3) is 0 Å². The van der Waals surface area contributed by atoms with Crippen molar-refractivity contribution < 1.29 is 9.53 Å². The third kappa shape index (κ3) is 4.18. The Bertz CT molecular complexity index is 604. The molecule has 0 aliphatic heterocycles. The molecular weight excluding hydrogens is 294 g/mol. The lowest BCUT2D eigenvalue weighted by Gasteiger charge is -2.10. The van der Waals surface area contributed by atoms with Crippen LogP contribution in [-0.4, -0.2) is 18.8 Å². The lowest BCUT2D eigenvalue weighted by Crippen LogP contribution is -2.20. The van der Waals surface area contributed by atoms with Gasteiger partial charge in [-0.2, -0.15) is 0 Å². The summed E-state index contributed by atoms with van der Waals surface area (Å²) in [5, 5.41) is 3.41. The van der Waals surface area contributed by atoms with Crippen LogP contribution in [0, 0.1) is 0 Å². The Morgan fingerprint density at radius 2 is 2.05 bits per heavy atom. The van der Waals surface area contributed by atoms with Gasteiger partial charge < -0.3 is 10.1 Å². The van der Waals surface area contributed by atoms with Gasteiger partial charge in [0.25, 0.3) is 5.91 Å². The van der Waals surface area contributed by atoms with Crippen LogP contribution < -0.4 is 10.1 Å². The number of benzene rings is 2. The van der Waals surface area contributed by atoms with E-state index in [1.807, 2.05) is 30.5 Å². The molecule has 0 radical (unpaired) electrons. The van der Waals surface area contributed by atoms with Gasteiger partial charge in [-0.15, -0.1) is 11.8 Å². The Kier molecular flexibility index (Phi) is 5.32. The maximum Gasteiger partial charge on any atom is 0.262 e. The number of rotatable bonds is 5. The van der Waals surface area contributed by atoms with Gasteiger partial charge in [-0.3, -0.25) is 4.79 Å². The quantitative estimate of drug-likeness (QED) is 0.846. The highest BCUT2D eigenvalue weighted by atomic mass is 35.5. The minimum atomic E-state index is -0.202. The van der Waals surface area contributed by atoms with Crippen molar-refractivity contribution in [2.45, 2.75) is 4.90 Å². The number of carbonyl (C=O) groups excluding carboxylic acids is 1. The molecule has 5 heteroatoms. The van der Waals surface area contributed by atoms with E-state index in [0.717, 1.165) is 10.6 Å². The Hall–Kier alpha value is -1.65. The van der Waals surface area contributed by atoms with Gasteiger partial charge in [-0.05, 0) is 36.6 Å². The first-order valence-corrected chi connectivity index (χ1v) is 7.60. The monoisotopic (exact) mass is 307 g/mol. The highest BCUT2D eigenvalue weighted by Gasteiger charge is 2.07. The van der Waals surface area contributed by atoms with Crippen molar-refractivity contribution in [1.29, 1.82) is 0 Å². The number of thioether (sulfide) groups is 1. The number of amides is 1. The van der Waals surface area contributed by atoms with E-state index in [4.69, 9.17) is 16.3 Å². The maximum absolute atomic E-state index is 11.9. The zero-order chi connectivity index (χ0) is 14.4. The van der Waals surface area contributed by atoms with Gasteiger partial charge in [0.05, 0.1) is 5.69 Å². The van der Waals surface area contributed by atoms with Crippen molar-refractivity contribution in [1.82, 2.24) is 0 Å². The zero-order valence-corrected chi connectivity index (χ0v) is 12.5. The Labute approximate surface area is 127 Å². The number of ether oxygens (including phenoxy) is 1. The third-order valence-electron chi connectivity index (χ3n) is 2.55. The van der Waals surface area contributed by atoms with E-state index < -0.39 is 0 Å². The molecule has 1 N–H and O–H groups in total. The predicted octanol–water partition coefficient (Wildman–Crippen LogP) is 4.08. The first-order chi connectivity index (χ1) is 9.69. The molecular formula is C15H14ClNO2S. The van der Waals surface area contributed by atoms with Gasteiger partial charge in [0.15, 0.2) is 6.61 Å². The summed E-state index contributed by atoms with van der Waals surface area (Å²) in [4.78, 5) is 12.9. The summed E-state index contributed by atoms with van der Waals surface area (Å²) in [7, 11) is 0. The van der Waals surface area contributed by atoms with Gasteiger partial charge in [0.2, 0.25) is 0 Å². The van der Waals surface area contributed by atoms with E-state index in [-0.39, 0.29) is 12.5 Å². The molecule has 0 atom stereocenters. The van der Waals surface area contributed by atoms with Crippen molar-refractivity contribution in [3.63, 3.8) is 0 Å². The Morgan fingerprint density at radius 3 is 2.80 bits per heavy atom. The second-order valence-electron chi connectivity index (χ2n) is 3.99. The highest BCUT2D eigenvalue weighted by Crippen LogP contribution is 2.24. The van der Waals surface area contributed by atoms with Crippen LogP contribution in [-0.2, 0) is 4.79 Å². The molecule has 20 heavy (non-hydrogen) atoms. The largest absolute Gasteiger partial charge is 0.484 e. The first-order valence-electron chi connectivity index (χ1n) is 6.00. The van der Waals surface area contributed by atoms with Crippen molar-refractivity contribution >= 4 is 35.0 Å². The molecule has 104 valence electrons. The number of hydrogen-bond donors (Lipinski definition) is 1. The van der Waals surface area contributed by atoms with Gasteiger partial charge in [0, 0.05) is 9.92 Å². The summed E-state index contributed by atoms with van der Waals surface area (Å²) >= 11 is 7.43. The van der Waals surface area contributed by atoms with Crippen LogP contribution in [0.1, 0.15) is 0 Å². The van der Waals surface area contributed by atoms with E-state index in [1.165, 1.54) is 0 Å². The van der Waals surface area contributed by atoms with Gasteiger partial charge in [-0.25, -0.2) is 0 Å². The van der Waals surface area contributed by atoms with Crippen molar-refractivity contribution in [2.75, 3.05) is 18.2 Å². The van der Waals surface area contributed by atoms with Crippen LogP contribution in [0.5, 0.6) is 5.75 Å². The third-order valence-corrected chi connectivity index (χ3v) is 3.58. The Balaban J connectivity index is 1.93. The van der Waals surface area contributed by atoms with Crippen LogP contribution in [0.4, 0.5) is 5.69 Å². The van der Waals surface area contributed by atoms with Crippen LogP contribution >= 0.6 is 23.4 Å². The summed E-state index contributed by atoms with van der Waals surface area (Å²) < 4.78 is 5.39. The number of carbonyl (C=O) groups is 1. The molecule has 3 nitrogen and oxygen atoms in total. The summed E-state index contributed by atoms with van der Waals surface area (Å²) in [6.45, 7) is -0.0525. The summed E-state index contributed by atoms with van der Waals surface area (Å²) in [5.74, 6) is 0.372. The molecule has 0 aromatic heterocycles. The SMILES string of the molecule is CSc1ccccc1NC(=O)COc1cccc(Cl)c1. The number of para-hydroxylation sites is 1. The standard InChI is InChI=1S/C15H14ClNO2S/c1-20-14-8-3-2-7-13(14)17-15(18)10-19-12-6-4-5-11(16)9-12/h2-9H,10H2,1H3,(H,17,18). The van der Waals surface area contributed by atoms with Crippen molar-refractivity contribution in [2.24, 2.45) is 0 Å². The number of anilines is 1. The average molecular weight is 308 g/mol. The van der Waals surface area contributed by atoms with Gasteiger partial charge in [-0.1, -0.05) is 29.8 Å². The molecule has 1 amide bonds. The molecule has 0 aliphatic rings. The summed E-state index contributed by atoms with van der Waals surface area (Å²) in [5.41, 5.74) is 0.791. The minimum Gasteiger partial charge on any atom is -0.484 e. The molecule has 0 saturated carbocycles. The molecule has 2 aromatic carbocycles. The molecule has 0 unspecified atom stereocenters. The predicted molar refractivity (Wildman–Crippen MR) is 83.8 cm³/mol. The van der Waals surface area contributed by atoms with Crippen LogP contribution in [0.15, 0.2) is 53.4 Å². The number of halogens is 1. The second kappa shape index (κ2) is 7.22. The fraction of sp³-hybridized carbons (Fsp3) is 0.133. The van der Waals surface area contributed by atoms with Crippen LogP contribution in [0.3, 0.4) is 0 Å². The van der Waals surface area contributed by atoms with E-state index in [9.17, 15) is 4.79 Å². The highest BCUT2D eigenvalue weighted by molar-refractivity contribution is 7.98. The topological polar surface area (TPSA) is 38.3 Å². The number of nitrogens with one attached hydrogen (secondary N) is 1. The fourth-order valence-corrected chi connectivity index (χ4v) is 2.37. The molecule has 0 aliphatic carbocycles. The molecule has 0 saturated heterocycles. The molecule has 0 fully saturated rings. The van der Waals surface area contributed by atoms with Gasteiger partial charge >= 0.3 is 0 Å². The molecule has 0 bridgehead atoms. The maximum atomic E-state index is 11.9. The lowest BCUT2D eigenvalue weighted by atomic mass is 10.3. The van der Waals surface area contributed by atoms with Crippen molar-refractivity contribution in [3.8, 4) is 5.75 Å². The second-order valence-corrected chi connectivity index (χ2v) is 5.28. The van der Waals surface area contributed by atoms with E-state index >= 15 is 0 Å². The zero-order valence-electron chi connectivity index (χ0n) is 10.9. The molecule has 0 heterocycles. The first kappa shape index (κ1) is 14.8. The van der Waals surface area contributed by atoms with E-state index in [1.54, 1.807) is 36.0 Å². The summed E-state index contributed by atoms with van der Waals surface area (Å²) in [6, 6.07) is 14.6. The Morgan fingerprint density at radius 1 is 1.25 bits per heavy atom. The lowest BCUT2D eigenvalue weighted by molar-refractivity contribution is -0.118. The van der Waals surface area contributed by atoms with E-state index in [2.05, 4.69) is 5.32 Å². The van der Waals surface area contributed by atoms with Gasteiger partial charge in [0.1, 0.15) is 5.75 Å². The minimum absolute atomic E-state index is 0.0525. The molecule has 2 aromatic rings. The van der Waals surface area contributed by atoms with Crippen molar-refractivity contribution in [3.05, 3.63) is 53.6 Å².